The number of rotatable bonds is 4. The minimum absolute atomic E-state index is 0.0430. The molecule has 0 saturated carbocycles. The maximum absolute atomic E-state index is 12.5. The fourth-order valence-corrected chi connectivity index (χ4v) is 4.02. The Balaban J connectivity index is 1.50. The molecule has 2 N–H and O–H groups in total. The second-order valence-corrected chi connectivity index (χ2v) is 7.61. The fraction of sp³-hybridized carbons (Fsp3) is 0.611. The summed E-state index contributed by atoms with van der Waals surface area (Å²) in [5.74, 6) is 0.663. The molecule has 4 nitrogen and oxygen atoms in total. The Kier molecular flexibility index (Phi) is 6.03. The molecule has 2 saturated heterocycles. The first-order valence-corrected chi connectivity index (χ1v) is 9.40. The van der Waals surface area contributed by atoms with Gasteiger partial charge in [0.2, 0.25) is 0 Å². The fourth-order valence-electron chi connectivity index (χ4n) is 3.63. The summed E-state index contributed by atoms with van der Waals surface area (Å²) in [5, 5.41) is 1.49. The Morgan fingerprint density at radius 1 is 1.21 bits per heavy atom. The lowest BCUT2D eigenvalue weighted by Crippen LogP contribution is -2.44. The molecular formula is C18H24Cl2N2O2. The number of piperidine rings is 1. The van der Waals surface area contributed by atoms with Crippen LogP contribution in [0.5, 0.6) is 0 Å². The van der Waals surface area contributed by atoms with E-state index >= 15 is 0 Å². The van der Waals surface area contributed by atoms with Crippen LogP contribution in [0.1, 0.15) is 31.2 Å². The third-order valence-corrected chi connectivity index (χ3v) is 5.69. The van der Waals surface area contributed by atoms with Gasteiger partial charge in [0.1, 0.15) is 6.10 Å². The van der Waals surface area contributed by atoms with Gasteiger partial charge in [0.05, 0.1) is 6.10 Å². The first-order valence-electron chi connectivity index (χ1n) is 8.65. The molecule has 2 aliphatic rings. The van der Waals surface area contributed by atoms with Crippen LogP contribution < -0.4 is 5.73 Å². The number of hydrogen-bond donors (Lipinski definition) is 1. The normalized spacial score (nSPS) is 25.2. The molecule has 2 aliphatic heterocycles. The van der Waals surface area contributed by atoms with E-state index in [1.807, 2.05) is 23.1 Å². The molecule has 0 radical (unpaired) electrons. The SMILES string of the molecule is NC[C@H]1CC[C@@H](C(=O)N2CCC(Cc3cc(Cl)ccc3Cl)CC2)O1. The molecule has 1 aromatic rings. The largest absolute Gasteiger partial charge is 0.364 e. The van der Waals surface area contributed by atoms with E-state index in [0.717, 1.165) is 60.8 Å². The molecule has 24 heavy (non-hydrogen) atoms. The highest BCUT2D eigenvalue weighted by Crippen LogP contribution is 2.29. The minimum Gasteiger partial charge on any atom is -0.364 e. The lowest BCUT2D eigenvalue weighted by atomic mass is 9.90. The lowest BCUT2D eigenvalue weighted by Gasteiger charge is -2.33. The zero-order valence-corrected chi connectivity index (χ0v) is 15.2. The summed E-state index contributed by atoms with van der Waals surface area (Å²) in [6.07, 6.45) is 4.31. The highest BCUT2D eigenvalue weighted by atomic mass is 35.5. The van der Waals surface area contributed by atoms with E-state index in [9.17, 15) is 4.79 Å². The van der Waals surface area contributed by atoms with Crippen molar-refractivity contribution in [2.24, 2.45) is 11.7 Å². The van der Waals surface area contributed by atoms with Crippen molar-refractivity contribution in [3.8, 4) is 0 Å². The molecule has 6 heteroatoms. The Morgan fingerprint density at radius 2 is 1.96 bits per heavy atom. The zero-order chi connectivity index (χ0) is 17.1. The zero-order valence-electron chi connectivity index (χ0n) is 13.7. The van der Waals surface area contributed by atoms with Crippen molar-refractivity contribution < 1.29 is 9.53 Å². The third-order valence-electron chi connectivity index (χ3n) is 5.09. The third kappa shape index (κ3) is 4.23. The van der Waals surface area contributed by atoms with Gasteiger partial charge in [-0.15, -0.1) is 0 Å². The summed E-state index contributed by atoms with van der Waals surface area (Å²) in [6.45, 7) is 2.07. The van der Waals surface area contributed by atoms with Crippen molar-refractivity contribution in [3.05, 3.63) is 33.8 Å². The number of amides is 1. The average molecular weight is 371 g/mol. The molecule has 0 aromatic heterocycles. The monoisotopic (exact) mass is 370 g/mol. The van der Waals surface area contributed by atoms with Gasteiger partial charge in [-0.2, -0.15) is 0 Å². The Morgan fingerprint density at radius 3 is 2.62 bits per heavy atom. The summed E-state index contributed by atoms with van der Waals surface area (Å²) in [7, 11) is 0. The van der Waals surface area contributed by atoms with Gasteiger partial charge in [-0.3, -0.25) is 4.79 Å². The molecule has 0 unspecified atom stereocenters. The summed E-state index contributed by atoms with van der Waals surface area (Å²) >= 11 is 12.3. The summed E-state index contributed by atoms with van der Waals surface area (Å²) < 4.78 is 5.73. The number of benzene rings is 1. The highest BCUT2D eigenvalue weighted by Gasteiger charge is 2.34. The first-order chi connectivity index (χ1) is 11.6. The highest BCUT2D eigenvalue weighted by molar-refractivity contribution is 6.33. The molecule has 1 amide bonds. The van der Waals surface area contributed by atoms with Crippen LogP contribution in [0.15, 0.2) is 18.2 Å². The van der Waals surface area contributed by atoms with Gasteiger partial charge in [0, 0.05) is 29.7 Å². The maximum Gasteiger partial charge on any atom is 0.251 e. The predicted octanol–water partition coefficient (Wildman–Crippen LogP) is 3.28. The van der Waals surface area contributed by atoms with Crippen molar-refractivity contribution >= 4 is 29.1 Å². The van der Waals surface area contributed by atoms with Crippen LogP contribution in [0.25, 0.3) is 0 Å². The second-order valence-electron chi connectivity index (χ2n) is 6.77. The molecule has 0 bridgehead atoms. The minimum atomic E-state index is -0.294. The smallest absolute Gasteiger partial charge is 0.251 e. The molecule has 1 aromatic carbocycles. The van der Waals surface area contributed by atoms with Gasteiger partial charge in [0.15, 0.2) is 0 Å². The van der Waals surface area contributed by atoms with Crippen LogP contribution >= 0.6 is 23.2 Å². The number of halogens is 2. The van der Waals surface area contributed by atoms with E-state index in [2.05, 4.69) is 0 Å². The van der Waals surface area contributed by atoms with Crippen molar-refractivity contribution in [1.82, 2.24) is 4.90 Å². The quantitative estimate of drug-likeness (QED) is 0.884. The molecule has 0 aliphatic carbocycles. The standard InChI is InChI=1S/C18H24Cl2N2O2/c19-14-1-3-16(20)13(10-14)9-12-5-7-22(8-6-12)18(23)17-4-2-15(11-21)24-17/h1,3,10,12,15,17H,2,4-9,11,21H2/t15-,17+/m1/s1. The number of ether oxygens (including phenoxy) is 1. The van der Waals surface area contributed by atoms with Crippen LogP contribution in [0, 0.1) is 5.92 Å². The van der Waals surface area contributed by atoms with Crippen molar-refractivity contribution in [2.75, 3.05) is 19.6 Å². The number of likely N-dealkylation sites (tertiary alicyclic amines) is 1. The number of nitrogens with zero attached hydrogens (tertiary/aromatic N) is 1. The Labute approximate surface area is 153 Å². The topological polar surface area (TPSA) is 55.6 Å². The molecule has 2 heterocycles. The number of hydrogen-bond acceptors (Lipinski definition) is 3. The van der Waals surface area contributed by atoms with Crippen molar-refractivity contribution in [2.45, 2.75) is 44.3 Å². The van der Waals surface area contributed by atoms with Crippen molar-refractivity contribution in [3.63, 3.8) is 0 Å². The lowest BCUT2D eigenvalue weighted by molar-refractivity contribution is -0.144. The van der Waals surface area contributed by atoms with E-state index < -0.39 is 0 Å². The van der Waals surface area contributed by atoms with Crippen LogP contribution in [-0.4, -0.2) is 42.6 Å². The van der Waals surface area contributed by atoms with Gasteiger partial charge in [-0.25, -0.2) is 0 Å². The number of carbonyl (C=O) groups excluding carboxylic acids is 1. The van der Waals surface area contributed by atoms with Gasteiger partial charge in [-0.1, -0.05) is 23.2 Å². The van der Waals surface area contributed by atoms with Crippen LogP contribution in [-0.2, 0) is 16.0 Å². The molecular weight excluding hydrogens is 347 g/mol. The van der Waals surface area contributed by atoms with E-state index in [4.69, 9.17) is 33.7 Å². The van der Waals surface area contributed by atoms with E-state index in [-0.39, 0.29) is 18.1 Å². The number of carbonyl (C=O) groups is 1. The van der Waals surface area contributed by atoms with Crippen LogP contribution in [0.3, 0.4) is 0 Å². The first kappa shape index (κ1) is 18.0. The Bertz CT molecular complexity index is 588. The van der Waals surface area contributed by atoms with Crippen molar-refractivity contribution in [1.29, 1.82) is 0 Å². The molecule has 2 atom stereocenters. The predicted molar refractivity (Wildman–Crippen MR) is 96.4 cm³/mol. The second kappa shape index (κ2) is 8.05. The van der Waals surface area contributed by atoms with Crippen LogP contribution in [0.2, 0.25) is 10.0 Å². The average Bonchev–Trinajstić information content (AvgIpc) is 3.07. The summed E-state index contributed by atoms with van der Waals surface area (Å²) in [6, 6.07) is 5.61. The Hall–Kier alpha value is -0.810. The summed E-state index contributed by atoms with van der Waals surface area (Å²) in [5.41, 5.74) is 6.71. The van der Waals surface area contributed by atoms with E-state index in [1.54, 1.807) is 0 Å². The van der Waals surface area contributed by atoms with Gasteiger partial charge in [-0.05, 0) is 61.8 Å². The van der Waals surface area contributed by atoms with Gasteiger partial charge < -0.3 is 15.4 Å². The number of nitrogens with two attached hydrogens (primary N) is 1. The van der Waals surface area contributed by atoms with Crippen LogP contribution in [0.4, 0.5) is 0 Å². The molecule has 0 spiro atoms. The van der Waals surface area contributed by atoms with Gasteiger partial charge in [0.25, 0.3) is 5.91 Å². The van der Waals surface area contributed by atoms with E-state index in [0.29, 0.717) is 12.5 Å². The molecule has 2 fully saturated rings. The van der Waals surface area contributed by atoms with Gasteiger partial charge >= 0.3 is 0 Å². The maximum atomic E-state index is 12.5. The molecule has 3 rings (SSSR count). The van der Waals surface area contributed by atoms with E-state index in [1.165, 1.54) is 0 Å². The summed E-state index contributed by atoms with van der Waals surface area (Å²) in [4.78, 5) is 14.5. The molecule has 132 valence electrons.